The second kappa shape index (κ2) is 6.57. The number of anilines is 1. The predicted octanol–water partition coefficient (Wildman–Crippen LogP) is 3.50. The molecule has 2 aromatic carbocycles. The summed E-state index contributed by atoms with van der Waals surface area (Å²) in [5.41, 5.74) is 1.35. The average Bonchev–Trinajstić information content (AvgIpc) is 3.06. The van der Waals surface area contributed by atoms with Crippen LogP contribution in [0.25, 0.3) is 11.4 Å². The van der Waals surface area contributed by atoms with Crippen molar-refractivity contribution in [3.63, 3.8) is 0 Å². The minimum Gasteiger partial charge on any atom is -0.322 e. The second-order valence-corrected chi connectivity index (χ2v) is 5.10. The summed E-state index contributed by atoms with van der Waals surface area (Å²) in [6.45, 7) is 2.69. The van der Waals surface area contributed by atoms with Crippen molar-refractivity contribution in [3.8, 4) is 11.4 Å². The molecule has 0 saturated heterocycles. The van der Waals surface area contributed by atoms with Crippen LogP contribution in [0.4, 0.5) is 14.5 Å². The Morgan fingerprint density at radius 3 is 2.75 bits per heavy atom. The molecular weight excluding hydrogens is 314 g/mol. The van der Waals surface area contributed by atoms with Gasteiger partial charge in [-0.05, 0) is 37.3 Å². The molecule has 0 aliphatic carbocycles. The van der Waals surface area contributed by atoms with Gasteiger partial charge in [0.2, 0.25) is 0 Å². The van der Waals surface area contributed by atoms with E-state index in [1.165, 1.54) is 6.07 Å². The highest BCUT2D eigenvalue weighted by Crippen LogP contribution is 2.21. The summed E-state index contributed by atoms with van der Waals surface area (Å²) in [5, 5.41) is 10.6. The van der Waals surface area contributed by atoms with Crippen LogP contribution < -0.4 is 5.32 Å². The topological polar surface area (TPSA) is 59.8 Å². The first-order valence-electron chi connectivity index (χ1n) is 7.33. The number of rotatable bonds is 4. The van der Waals surface area contributed by atoms with Gasteiger partial charge >= 0.3 is 0 Å². The van der Waals surface area contributed by atoms with Crippen LogP contribution in [0.2, 0.25) is 0 Å². The van der Waals surface area contributed by atoms with Crippen LogP contribution in [-0.4, -0.2) is 20.7 Å². The highest BCUT2D eigenvalue weighted by molar-refractivity contribution is 6.04. The van der Waals surface area contributed by atoms with Gasteiger partial charge < -0.3 is 9.88 Å². The van der Waals surface area contributed by atoms with E-state index in [4.69, 9.17) is 0 Å². The first kappa shape index (κ1) is 15.8. The zero-order valence-corrected chi connectivity index (χ0v) is 12.8. The summed E-state index contributed by atoms with van der Waals surface area (Å²) in [6.07, 6.45) is 1.63. The number of hydrogen-bond donors (Lipinski definition) is 1. The smallest absolute Gasteiger partial charge is 0.255 e. The molecule has 7 heteroatoms. The molecule has 1 amide bonds. The summed E-state index contributed by atoms with van der Waals surface area (Å²) in [7, 11) is 0. The lowest BCUT2D eigenvalue weighted by atomic mass is 10.1. The maximum absolute atomic E-state index is 13.2. The van der Waals surface area contributed by atoms with E-state index < -0.39 is 17.5 Å². The Labute approximate surface area is 137 Å². The van der Waals surface area contributed by atoms with Gasteiger partial charge in [0.15, 0.2) is 17.5 Å². The van der Waals surface area contributed by atoms with E-state index >= 15 is 0 Å². The molecule has 0 aliphatic rings. The van der Waals surface area contributed by atoms with Gasteiger partial charge in [-0.2, -0.15) is 0 Å². The Balaban J connectivity index is 1.84. The maximum Gasteiger partial charge on any atom is 0.255 e. The number of carbonyl (C=O) groups is 1. The molecule has 0 radical (unpaired) electrons. The molecule has 1 aromatic heterocycles. The summed E-state index contributed by atoms with van der Waals surface area (Å²) in [6, 6.07) is 10.1. The Bertz CT molecular complexity index is 892. The Morgan fingerprint density at radius 2 is 2.00 bits per heavy atom. The molecule has 1 N–H and O–H groups in total. The molecule has 1 heterocycles. The number of aryl methyl sites for hydroxylation is 1. The third kappa shape index (κ3) is 3.15. The second-order valence-electron chi connectivity index (χ2n) is 5.10. The lowest BCUT2D eigenvalue weighted by Gasteiger charge is -2.08. The van der Waals surface area contributed by atoms with Crippen molar-refractivity contribution in [2.45, 2.75) is 13.5 Å². The largest absolute Gasteiger partial charge is 0.322 e. The molecule has 0 fully saturated rings. The zero-order chi connectivity index (χ0) is 17.1. The van der Waals surface area contributed by atoms with Crippen molar-refractivity contribution < 1.29 is 13.6 Å². The molecule has 122 valence electrons. The molecule has 0 unspecified atom stereocenters. The standard InChI is InChI=1S/C17H14F2N4O/c1-2-23-10-20-22-16(23)11-4-3-5-13(8-11)21-17(24)12-6-7-14(18)15(19)9-12/h3-10H,2H2,1H3,(H,21,24). The Kier molecular flexibility index (Phi) is 4.33. The van der Waals surface area contributed by atoms with Crippen LogP contribution in [0.5, 0.6) is 0 Å². The van der Waals surface area contributed by atoms with Gasteiger partial charge in [-0.15, -0.1) is 10.2 Å². The summed E-state index contributed by atoms with van der Waals surface area (Å²) in [4.78, 5) is 12.2. The van der Waals surface area contributed by atoms with Crippen molar-refractivity contribution >= 4 is 11.6 Å². The van der Waals surface area contributed by atoms with Crippen LogP contribution in [0.3, 0.4) is 0 Å². The first-order valence-corrected chi connectivity index (χ1v) is 7.33. The minimum absolute atomic E-state index is 0.0380. The predicted molar refractivity (Wildman–Crippen MR) is 85.4 cm³/mol. The van der Waals surface area contributed by atoms with Crippen molar-refractivity contribution in [2.75, 3.05) is 5.32 Å². The van der Waals surface area contributed by atoms with Gasteiger partial charge in [-0.25, -0.2) is 8.78 Å². The van der Waals surface area contributed by atoms with E-state index in [1.54, 1.807) is 24.5 Å². The molecule has 0 atom stereocenters. The van der Waals surface area contributed by atoms with Crippen molar-refractivity contribution in [3.05, 3.63) is 66.0 Å². The molecule has 3 rings (SSSR count). The lowest BCUT2D eigenvalue weighted by molar-refractivity contribution is 0.102. The van der Waals surface area contributed by atoms with Gasteiger partial charge in [-0.3, -0.25) is 4.79 Å². The molecule has 5 nitrogen and oxygen atoms in total. The number of carbonyl (C=O) groups excluding carboxylic acids is 1. The van der Waals surface area contributed by atoms with Crippen molar-refractivity contribution in [1.82, 2.24) is 14.8 Å². The van der Waals surface area contributed by atoms with Gasteiger partial charge in [-0.1, -0.05) is 12.1 Å². The molecular formula is C17H14F2N4O. The van der Waals surface area contributed by atoms with E-state index in [9.17, 15) is 13.6 Å². The van der Waals surface area contributed by atoms with E-state index in [0.29, 0.717) is 18.1 Å². The Morgan fingerprint density at radius 1 is 1.17 bits per heavy atom. The van der Waals surface area contributed by atoms with Crippen LogP contribution >= 0.6 is 0 Å². The van der Waals surface area contributed by atoms with Crippen LogP contribution in [-0.2, 0) is 6.54 Å². The minimum atomic E-state index is -1.06. The highest BCUT2D eigenvalue weighted by atomic mass is 19.2. The number of amides is 1. The molecule has 0 spiro atoms. The van der Waals surface area contributed by atoms with Gasteiger partial charge in [0.25, 0.3) is 5.91 Å². The normalized spacial score (nSPS) is 10.6. The molecule has 0 bridgehead atoms. The van der Waals surface area contributed by atoms with Crippen LogP contribution in [0, 0.1) is 11.6 Å². The van der Waals surface area contributed by atoms with Gasteiger partial charge in [0, 0.05) is 23.4 Å². The Hall–Kier alpha value is -3.09. The highest BCUT2D eigenvalue weighted by Gasteiger charge is 2.11. The summed E-state index contributed by atoms with van der Waals surface area (Å²) < 4.78 is 28.1. The van der Waals surface area contributed by atoms with Gasteiger partial charge in [0.05, 0.1) is 0 Å². The fraction of sp³-hybridized carbons (Fsp3) is 0.118. The van der Waals surface area contributed by atoms with E-state index in [1.807, 2.05) is 17.6 Å². The molecule has 0 aliphatic heterocycles. The maximum atomic E-state index is 13.2. The first-order chi connectivity index (χ1) is 11.6. The molecule has 3 aromatic rings. The number of benzene rings is 2. The monoisotopic (exact) mass is 328 g/mol. The third-order valence-electron chi connectivity index (χ3n) is 3.52. The number of nitrogens with zero attached hydrogens (tertiary/aromatic N) is 3. The molecule has 0 saturated carbocycles. The quantitative estimate of drug-likeness (QED) is 0.797. The number of halogens is 2. The fourth-order valence-corrected chi connectivity index (χ4v) is 2.29. The summed E-state index contributed by atoms with van der Waals surface area (Å²) in [5.74, 6) is -1.90. The number of nitrogens with one attached hydrogen (secondary N) is 1. The fourth-order valence-electron chi connectivity index (χ4n) is 2.29. The SMILES string of the molecule is CCn1cnnc1-c1cccc(NC(=O)c2ccc(F)c(F)c2)c1. The zero-order valence-electron chi connectivity index (χ0n) is 12.8. The average molecular weight is 328 g/mol. The van der Waals surface area contributed by atoms with E-state index in [-0.39, 0.29) is 5.56 Å². The summed E-state index contributed by atoms with van der Waals surface area (Å²) >= 11 is 0. The van der Waals surface area contributed by atoms with Crippen molar-refractivity contribution in [1.29, 1.82) is 0 Å². The van der Waals surface area contributed by atoms with Gasteiger partial charge in [0.1, 0.15) is 6.33 Å². The van der Waals surface area contributed by atoms with E-state index in [2.05, 4.69) is 15.5 Å². The van der Waals surface area contributed by atoms with Crippen LogP contribution in [0.1, 0.15) is 17.3 Å². The van der Waals surface area contributed by atoms with Crippen LogP contribution in [0.15, 0.2) is 48.8 Å². The van der Waals surface area contributed by atoms with E-state index in [0.717, 1.165) is 17.7 Å². The third-order valence-corrected chi connectivity index (χ3v) is 3.52. The molecule has 24 heavy (non-hydrogen) atoms. The lowest BCUT2D eigenvalue weighted by Crippen LogP contribution is -2.12. The number of hydrogen-bond acceptors (Lipinski definition) is 3. The van der Waals surface area contributed by atoms with Crippen molar-refractivity contribution in [2.24, 2.45) is 0 Å². The number of aromatic nitrogens is 3.